The third-order valence-electron chi connectivity index (χ3n) is 1.97. The van der Waals surface area contributed by atoms with Crippen molar-refractivity contribution in [1.82, 2.24) is 5.32 Å². The summed E-state index contributed by atoms with van der Waals surface area (Å²) in [6.07, 6.45) is 0. The summed E-state index contributed by atoms with van der Waals surface area (Å²) in [4.78, 5) is 11.5. The largest absolute Gasteiger partial charge is 0.383 e. The Hall–Kier alpha value is -0.330. The summed E-state index contributed by atoms with van der Waals surface area (Å²) >= 11 is 9.14. The average Bonchev–Trinajstić information content (AvgIpc) is 2.30. The van der Waals surface area contributed by atoms with E-state index >= 15 is 0 Å². The van der Waals surface area contributed by atoms with Gasteiger partial charge in [-0.1, -0.05) is 11.6 Å². The second kappa shape index (κ2) is 9.58. The maximum Gasteiger partial charge on any atom is 0.238 e. The summed E-state index contributed by atoms with van der Waals surface area (Å²) in [5.41, 5.74) is 0.708. The van der Waals surface area contributed by atoms with Crippen LogP contribution in [0.1, 0.15) is 0 Å². The number of rotatable bonds is 6. The van der Waals surface area contributed by atoms with Gasteiger partial charge >= 0.3 is 0 Å². The van der Waals surface area contributed by atoms with Gasteiger partial charge in [0.05, 0.1) is 18.2 Å². The lowest BCUT2D eigenvalue weighted by Crippen LogP contribution is -2.30. The van der Waals surface area contributed by atoms with Gasteiger partial charge in [-0.2, -0.15) is 0 Å². The lowest BCUT2D eigenvalue weighted by atomic mass is 10.3. The monoisotopic (exact) mass is 356 g/mol. The molecule has 0 fully saturated rings. The van der Waals surface area contributed by atoms with Crippen molar-refractivity contribution in [3.63, 3.8) is 0 Å². The van der Waals surface area contributed by atoms with Crippen molar-refractivity contribution < 1.29 is 9.53 Å². The van der Waals surface area contributed by atoms with Crippen LogP contribution < -0.4 is 10.6 Å². The van der Waals surface area contributed by atoms with E-state index in [0.717, 1.165) is 4.47 Å². The number of benzene rings is 1. The van der Waals surface area contributed by atoms with Crippen LogP contribution in [0, 0.1) is 0 Å². The third kappa shape index (κ3) is 6.56. The number of carbonyl (C=O) groups is 1. The summed E-state index contributed by atoms with van der Waals surface area (Å²) in [7, 11) is 1.62. The molecule has 2 N–H and O–H groups in total. The standard InChI is InChI=1S/C11H14BrClN2O2.ClH/c1-17-5-4-14-7-11(16)15-8-2-3-10(13)9(12)6-8;/h2-3,6,14H,4-5,7H2,1H3,(H,15,16);1H. The first-order valence-corrected chi connectivity index (χ1v) is 6.25. The number of carbonyl (C=O) groups excluding carboxylic acids is 1. The second-order valence-electron chi connectivity index (χ2n) is 3.35. The van der Waals surface area contributed by atoms with E-state index in [1.54, 1.807) is 25.3 Å². The molecular formula is C11H15BrCl2N2O2. The van der Waals surface area contributed by atoms with Crippen molar-refractivity contribution in [2.24, 2.45) is 0 Å². The zero-order chi connectivity index (χ0) is 12.7. The van der Waals surface area contributed by atoms with Crippen LogP contribution in [0.25, 0.3) is 0 Å². The van der Waals surface area contributed by atoms with E-state index in [1.807, 2.05) is 0 Å². The van der Waals surface area contributed by atoms with E-state index < -0.39 is 0 Å². The Morgan fingerprint density at radius 1 is 1.50 bits per heavy atom. The zero-order valence-electron chi connectivity index (χ0n) is 9.83. The number of hydrogen-bond donors (Lipinski definition) is 2. The Morgan fingerprint density at radius 3 is 2.83 bits per heavy atom. The first-order chi connectivity index (χ1) is 8.13. The average molecular weight is 358 g/mol. The molecule has 0 spiro atoms. The highest BCUT2D eigenvalue weighted by Gasteiger charge is 2.03. The number of nitrogens with one attached hydrogen (secondary N) is 2. The molecule has 0 aliphatic rings. The van der Waals surface area contributed by atoms with Gasteiger partial charge in [0.15, 0.2) is 0 Å². The maximum absolute atomic E-state index is 11.5. The lowest BCUT2D eigenvalue weighted by Gasteiger charge is -2.07. The first-order valence-electron chi connectivity index (χ1n) is 5.08. The predicted octanol–water partition coefficient (Wildman–Crippen LogP) is 2.70. The van der Waals surface area contributed by atoms with Crippen LogP contribution in [0.3, 0.4) is 0 Å². The fourth-order valence-corrected chi connectivity index (χ4v) is 1.65. The normalized spacial score (nSPS) is 9.72. The Bertz CT molecular complexity index is 391. The van der Waals surface area contributed by atoms with E-state index in [4.69, 9.17) is 16.3 Å². The van der Waals surface area contributed by atoms with Crippen LogP contribution in [0.2, 0.25) is 5.02 Å². The first kappa shape index (κ1) is 17.7. The molecule has 0 atom stereocenters. The number of amides is 1. The molecule has 4 nitrogen and oxygen atoms in total. The van der Waals surface area contributed by atoms with Crippen LogP contribution in [-0.2, 0) is 9.53 Å². The van der Waals surface area contributed by atoms with Crippen LogP contribution in [0.5, 0.6) is 0 Å². The number of methoxy groups -OCH3 is 1. The van der Waals surface area contributed by atoms with Crippen molar-refractivity contribution >= 4 is 51.5 Å². The SMILES string of the molecule is COCCNCC(=O)Nc1ccc(Cl)c(Br)c1.Cl. The molecule has 0 aliphatic heterocycles. The fourth-order valence-electron chi connectivity index (χ4n) is 1.16. The third-order valence-corrected chi connectivity index (χ3v) is 3.19. The molecule has 0 heterocycles. The Kier molecular flexibility index (Phi) is 9.40. The van der Waals surface area contributed by atoms with Crippen molar-refractivity contribution in [2.45, 2.75) is 0 Å². The molecule has 0 saturated carbocycles. The molecule has 1 rings (SSSR count). The van der Waals surface area contributed by atoms with E-state index in [9.17, 15) is 4.79 Å². The summed E-state index contributed by atoms with van der Waals surface area (Å²) in [6, 6.07) is 5.23. The Balaban J connectivity index is 0.00000289. The molecule has 0 saturated heterocycles. The van der Waals surface area contributed by atoms with Gasteiger partial charge in [0.25, 0.3) is 0 Å². The molecule has 1 aromatic carbocycles. The van der Waals surface area contributed by atoms with E-state index in [-0.39, 0.29) is 24.9 Å². The van der Waals surface area contributed by atoms with Crippen LogP contribution in [0.4, 0.5) is 5.69 Å². The Morgan fingerprint density at radius 2 is 2.22 bits per heavy atom. The van der Waals surface area contributed by atoms with Gasteiger partial charge < -0.3 is 15.4 Å². The summed E-state index contributed by atoms with van der Waals surface area (Å²) in [5, 5.41) is 6.33. The quantitative estimate of drug-likeness (QED) is 0.769. The highest BCUT2D eigenvalue weighted by Crippen LogP contribution is 2.25. The van der Waals surface area contributed by atoms with Crippen LogP contribution in [-0.4, -0.2) is 32.7 Å². The zero-order valence-corrected chi connectivity index (χ0v) is 13.0. The summed E-state index contributed by atoms with van der Waals surface area (Å²) in [5.74, 6) is -0.102. The number of halogens is 3. The molecule has 1 amide bonds. The molecule has 0 aromatic heterocycles. The summed E-state index contributed by atoms with van der Waals surface area (Å²) in [6.45, 7) is 1.48. The molecular weight excluding hydrogens is 343 g/mol. The lowest BCUT2D eigenvalue weighted by molar-refractivity contribution is -0.115. The minimum atomic E-state index is -0.102. The van der Waals surface area contributed by atoms with Gasteiger partial charge in [0, 0.05) is 23.8 Å². The van der Waals surface area contributed by atoms with Crippen LogP contribution >= 0.6 is 39.9 Å². The second-order valence-corrected chi connectivity index (χ2v) is 4.61. The van der Waals surface area contributed by atoms with Gasteiger partial charge in [-0.05, 0) is 34.1 Å². The number of hydrogen-bond acceptors (Lipinski definition) is 3. The summed E-state index contributed by atoms with van der Waals surface area (Å²) < 4.78 is 5.61. The van der Waals surface area contributed by atoms with E-state index in [2.05, 4.69) is 26.6 Å². The molecule has 0 unspecified atom stereocenters. The number of ether oxygens (including phenoxy) is 1. The van der Waals surface area contributed by atoms with E-state index in [1.165, 1.54) is 0 Å². The molecule has 1 aromatic rings. The van der Waals surface area contributed by atoms with Crippen molar-refractivity contribution in [1.29, 1.82) is 0 Å². The smallest absolute Gasteiger partial charge is 0.238 e. The fraction of sp³-hybridized carbons (Fsp3) is 0.364. The highest BCUT2D eigenvalue weighted by atomic mass is 79.9. The van der Waals surface area contributed by atoms with Crippen LogP contribution in [0.15, 0.2) is 22.7 Å². The van der Waals surface area contributed by atoms with Crippen molar-refractivity contribution in [2.75, 3.05) is 32.1 Å². The predicted molar refractivity (Wildman–Crippen MR) is 79.8 cm³/mol. The van der Waals surface area contributed by atoms with Gasteiger partial charge in [0.2, 0.25) is 5.91 Å². The van der Waals surface area contributed by atoms with Gasteiger partial charge in [0.1, 0.15) is 0 Å². The molecule has 0 aliphatic carbocycles. The van der Waals surface area contributed by atoms with Crippen molar-refractivity contribution in [3.8, 4) is 0 Å². The van der Waals surface area contributed by atoms with Gasteiger partial charge in [-0.25, -0.2) is 0 Å². The molecule has 0 radical (unpaired) electrons. The molecule has 7 heteroatoms. The van der Waals surface area contributed by atoms with Gasteiger partial charge in [-0.3, -0.25) is 4.79 Å². The maximum atomic E-state index is 11.5. The number of anilines is 1. The Labute approximate surface area is 126 Å². The molecule has 18 heavy (non-hydrogen) atoms. The minimum Gasteiger partial charge on any atom is -0.383 e. The van der Waals surface area contributed by atoms with Crippen molar-refractivity contribution in [3.05, 3.63) is 27.7 Å². The molecule has 102 valence electrons. The molecule has 0 bridgehead atoms. The topological polar surface area (TPSA) is 50.4 Å². The minimum absolute atomic E-state index is 0. The van der Waals surface area contributed by atoms with E-state index in [0.29, 0.717) is 23.9 Å². The van der Waals surface area contributed by atoms with Gasteiger partial charge in [-0.15, -0.1) is 12.4 Å². The highest BCUT2D eigenvalue weighted by molar-refractivity contribution is 9.10.